The molecule has 1 saturated heterocycles. The highest BCUT2D eigenvalue weighted by Crippen LogP contribution is 2.42. The van der Waals surface area contributed by atoms with Crippen LogP contribution in [0.1, 0.15) is 73.3 Å². The summed E-state index contributed by atoms with van der Waals surface area (Å²) >= 11 is 0. The van der Waals surface area contributed by atoms with Gasteiger partial charge in [-0.2, -0.15) is 13.8 Å². The lowest BCUT2D eigenvalue weighted by Crippen LogP contribution is -2.47. The van der Waals surface area contributed by atoms with Crippen LogP contribution in [-0.2, 0) is 9.53 Å². The molecule has 7 N–H and O–H groups in total. The number of aromatic hydroxyl groups is 2. The first-order chi connectivity index (χ1) is 28.9. The number of benzene rings is 3. The molecule has 3 aromatic carbocycles. The summed E-state index contributed by atoms with van der Waals surface area (Å²) in [5.74, 6) is -6.08. The number of amides is 3. The van der Waals surface area contributed by atoms with Crippen molar-refractivity contribution in [3.05, 3.63) is 100 Å². The second-order valence-electron chi connectivity index (χ2n) is 14.8. The number of phenols is 2. The van der Waals surface area contributed by atoms with Crippen LogP contribution in [0.15, 0.2) is 77.7 Å². The molecule has 1 unspecified atom stereocenters. The van der Waals surface area contributed by atoms with Gasteiger partial charge in [-0.3, -0.25) is 23.5 Å². The molecule has 3 heterocycles. The van der Waals surface area contributed by atoms with Crippen LogP contribution in [0.4, 0.5) is 14.6 Å². The summed E-state index contributed by atoms with van der Waals surface area (Å²) in [7, 11) is 0. The molecular weight excluding hydrogens is 802 g/mol. The van der Waals surface area contributed by atoms with E-state index in [0.29, 0.717) is 33.9 Å². The number of anilines is 1. The number of aliphatic hydroxyl groups excluding tert-OH is 2. The van der Waals surface area contributed by atoms with E-state index in [9.17, 15) is 48.4 Å². The summed E-state index contributed by atoms with van der Waals surface area (Å²) in [5, 5.41) is 56.3. The van der Waals surface area contributed by atoms with Crippen LogP contribution in [0.25, 0.3) is 17.1 Å². The molecular formula is C41H44F2N8O10. The van der Waals surface area contributed by atoms with Crippen LogP contribution >= 0.6 is 0 Å². The number of carbonyl (C=O) groups excluding carboxylic acids is 3. The van der Waals surface area contributed by atoms with Crippen molar-refractivity contribution in [2.24, 2.45) is 5.92 Å². The number of halogens is 2. The molecule has 2 aromatic heterocycles. The van der Waals surface area contributed by atoms with Gasteiger partial charge >= 0.3 is 11.6 Å². The largest absolute Gasteiger partial charge is 0.508 e. The molecule has 0 aliphatic carbocycles. The predicted octanol–water partition coefficient (Wildman–Crippen LogP) is 3.85. The number of aliphatic hydroxyl groups is 2. The summed E-state index contributed by atoms with van der Waals surface area (Å²) < 4.78 is 42.1. The van der Waals surface area contributed by atoms with Crippen LogP contribution in [0.5, 0.6) is 23.0 Å². The van der Waals surface area contributed by atoms with E-state index in [4.69, 9.17) is 9.47 Å². The summed E-state index contributed by atoms with van der Waals surface area (Å²) in [6.07, 6.45) is -5.33. The van der Waals surface area contributed by atoms with Gasteiger partial charge in [0.1, 0.15) is 41.0 Å². The number of phenolic OH excluding ortho intramolecular Hbond substituents is 2. The number of alkyl halides is 2. The Labute approximate surface area is 346 Å². The van der Waals surface area contributed by atoms with E-state index in [1.54, 1.807) is 51.1 Å². The van der Waals surface area contributed by atoms with Crippen LogP contribution < -0.4 is 26.4 Å². The van der Waals surface area contributed by atoms with Crippen molar-refractivity contribution >= 4 is 23.5 Å². The molecule has 322 valence electrons. The zero-order chi connectivity index (χ0) is 44.3. The molecule has 0 saturated carbocycles. The zero-order valence-electron chi connectivity index (χ0n) is 33.5. The summed E-state index contributed by atoms with van der Waals surface area (Å²) in [6.45, 7) is 8.29. The quantitative estimate of drug-likeness (QED) is 0.0840. The standard InChI is InChI=1S/C41H44F2N8O10/c1-6-44-38(58)35-49-48-34(27-17-26(20(2)3)28(53)18-29(27)54)51(35)23-9-13-25(14-10-23)60-24-11-7-22(8-12-24)36(56)47-32(21(4)5)37(57)45-31-15-16-50(40(59)46-31)39-41(42,43)33(55)30(19-52)61-39/h7-18,20-21,30,32-33,39,52-55H,6,19H2,1-5H3,(H,44,58)(H,47,56)(H,45,46,57,59)/t30-,32?,33-,39-/m1/s1. The number of ether oxygens (including phenoxy) is 2. The Morgan fingerprint density at radius 2 is 1.59 bits per heavy atom. The maximum Gasteiger partial charge on any atom is 0.351 e. The Morgan fingerprint density at radius 3 is 2.16 bits per heavy atom. The minimum atomic E-state index is -3.92. The summed E-state index contributed by atoms with van der Waals surface area (Å²) in [4.78, 5) is 55.8. The van der Waals surface area contributed by atoms with E-state index in [0.717, 1.165) is 12.3 Å². The Bertz CT molecular complexity index is 2470. The number of nitrogens with zero attached hydrogens (tertiary/aromatic N) is 5. The van der Waals surface area contributed by atoms with Gasteiger partial charge in [-0.1, -0.05) is 27.7 Å². The van der Waals surface area contributed by atoms with E-state index in [1.807, 2.05) is 13.8 Å². The molecule has 0 bridgehead atoms. The molecule has 20 heteroatoms. The van der Waals surface area contributed by atoms with Gasteiger partial charge < -0.3 is 45.9 Å². The van der Waals surface area contributed by atoms with Gasteiger partial charge in [0.05, 0.1) is 12.2 Å². The van der Waals surface area contributed by atoms with Crippen molar-refractivity contribution in [2.75, 3.05) is 18.5 Å². The third-order valence-electron chi connectivity index (χ3n) is 9.79. The Morgan fingerprint density at radius 1 is 0.934 bits per heavy atom. The highest BCUT2D eigenvalue weighted by atomic mass is 19.3. The van der Waals surface area contributed by atoms with E-state index in [2.05, 4.69) is 31.1 Å². The van der Waals surface area contributed by atoms with Gasteiger partial charge in [0.15, 0.2) is 11.9 Å². The minimum Gasteiger partial charge on any atom is -0.508 e. The van der Waals surface area contributed by atoms with E-state index in [1.165, 1.54) is 34.9 Å². The average Bonchev–Trinajstić information content (AvgIpc) is 3.75. The molecule has 0 radical (unpaired) electrons. The van der Waals surface area contributed by atoms with Gasteiger partial charge in [-0.25, -0.2) is 4.79 Å². The first kappa shape index (κ1) is 43.8. The second-order valence-corrected chi connectivity index (χ2v) is 14.8. The first-order valence-corrected chi connectivity index (χ1v) is 19.2. The van der Waals surface area contributed by atoms with E-state index < -0.39 is 66.3 Å². The van der Waals surface area contributed by atoms with Crippen LogP contribution in [0.2, 0.25) is 0 Å². The Balaban J connectivity index is 1.13. The molecule has 0 spiro atoms. The molecule has 5 aromatic rings. The molecule has 18 nitrogen and oxygen atoms in total. The number of nitrogens with one attached hydrogen (secondary N) is 3. The molecule has 1 fully saturated rings. The van der Waals surface area contributed by atoms with Gasteiger partial charge in [-0.15, -0.1) is 10.2 Å². The Hall–Kier alpha value is -6.77. The van der Waals surface area contributed by atoms with Gasteiger partial charge in [0.2, 0.25) is 18.0 Å². The highest BCUT2D eigenvalue weighted by Gasteiger charge is 2.59. The van der Waals surface area contributed by atoms with Crippen molar-refractivity contribution in [3.8, 4) is 40.1 Å². The van der Waals surface area contributed by atoms with Crippen molar-refractivity contribution in [1.29, 1.82) is 0 Å². The zero-order valence-corrected chi connectivity index (χ0v) is 33.5. The SMILES string of the molecule is CCNC(=O)c1nnc(-c2cc(C(C)C)c(O)cc2O)n1-c1ccc(Oc2ccc(C(=O)NC(C(=O)Nc3ccn([C@@H]4O[C@H](CO)[C@@H](O)C4(F)F)c(=O)n3)C(C)C)cc2)cc1. The van der Waals surface area contributed by atoms with Crippen LogP contribution in [-0.4, -0.2) is 99.8 Å². The third kappa shape index (κ3) is 9.05. The average molecular weight is 847 g/mol. The third-order valence-corrected chi connectivity index (χ3v) is 9.79. The molecule has 1 aliphatic heterocycles. The smallest absolute Gasteiger partial charge is 0.351 e. The van der Waals surface area contributed by atoms with Crippen molar-refractivity contribution in [1.82, 2.24) is 34.9 Å². The lowest BCUT2D eigenvalue weighted by Gasteiger charge is -2.22. The molecule has 6 rings (SSSR count). The number of hydrogen-bond acceptors (Lipinski definition) is 13. The lowest BCUT2D eigenvalue weighted by molar-refractivity contribution is -0.141. The predicted molar refractivity (Wildman–Crippen MR) is 214 cm³/mol. The monoisotopic (exact) mass is 846 g/mol. The fourth-order valence-corrected chi connectivity index (χ4v) is 6.54. The normalized spacial score (nSPS) is 17.6. The molecule has 61 heavy (non-hydrogen) atoms. The van der Waals surface area contributed by atoms with Crippen LogP contribution in [0, 0.1) is 5.92 Å². The molecule has 1 aliphatic rings. The summed E-state index contributed by atoms with van der Waals surface area (Å²) in [5.41, 5.74) is 0.232. The number of carbonyl (C=O) groups is 3. The van der Waals surface area contributed by atoms with E-state index >= 15 is 0 Å². The maximum absolute atomic E-state index is 14.6. The number of rotatable bonds is 14. The minimum absolute atomic E-state index is 0.0404. The van der Waals surface area contributed by atoms with Gasteiger partial charge in [-0.05, 0) is 85.0 Å². The lowest BCUT2D eigenvalue weighted by atomic mass is 9.98. The number of hydrogen-bond donors (Lipinski definition) is 7. The Kier molecular flexibility index (Phi) is 12.8. The van der Waals surface area contributed by atoms with Crippen molar-refractivity contribution in [2.45, 2.75) is 70.9 Å². The summed E-state index contributed by atoms with van der Waals surface area (Å²) in [6, 6.07) is 15.4. The van der Waals surface area contributed by atoms with Crippen LogP contribution in [0.3, 0.4) is 0 Å². The first-order valence-electron chi connectivity index (χ1n) is 19.2. The van der Waals surface area contributed by atoms with Crippen molar-refractivity contribution < 1.29 is 53.1 Å². The second kappa shape index (κ2) is 17.8. The van der Waals surface area contributed by atoms with Gasteiger partial charge in [0.25, 0.3) is 11.8 Å². The fraction of sp³-hybridized carbons (Fsp3) is 0.341. The topological polar surface area (TPSA) is 252 Å². The maximum atomic E-state index is 14.6. The molecule has 3 amide bonds. The fourth-order valence-electron chi connectivity index (χ4n) is 6.54. The van der Waals surface area contributed by atoms with Gasteiger partial charge in [0, 0.05) is 30.1 Å². The highest BCUT2D eigenvalue weighted by molar-refractivity contribution is 6.01. The number of aromatic nitrogens is 5. The molecule has 4 atom stereocenters. The van der Waals surface area contributed by atoms with Crippen molar-refractivity contribution in [3.63, 3.8) is 0 Å². The van der Waals surface area contributed by atoms with E-state index in [-0.39, 0.29) is 46.0 Å².